The normalized spacial score (nSPS) is 14.2. The van der Waals surface area contributed by atoms with E-state index in [1.165, 1.54) is 0 Å². The molecule has 2 heterocycles. The van der Waals surface area contributed by atoms with Crippen LogP contribution in [0.1, 0.15) is 23.2 Å². The topological polar surface area (TPSA) is 71.8 Å². The van der Waals surface area contributed by atoms with Crippen molar-refractivity contribution in [1.29, 1.82) is 0 Å². The van der Waals surface area contributed by atoms with E-state index < -0.39 is 0 Å². The Balaban J connectivity index is 1.75. The Morgan fingerprint density at radius 3 is 2.89 bits per heavy atom. The van der Waals surface area contributed by atoms with Gasteiger partial charge in [0.1, 0.15) is 11.6 Å². The summed E-state index contributed by atoms with van der Waals surface area (Å²) in [6, 6.07) is 5.66. The monoisotopic (exact) mass is 257 g/mol. The van der Waals surface area contributed by atoms with Gasteiger partial charge in [-0.15, -0.1) is 0 Å². The van der Waals surface area contributed by atoms with Gasteiger partial charge < -0.3 is 10.6 Å². The van der Waals surface area contributed by atoms with Gasteiger partial charge in [-0.25, -0.2) is 4.98 Å². The van der Waals surface area contributed by atoms with Crippen LogP contribution in [0.2, 0.25) is 0 Å². The second-order valence-electron chi connectivity index (χ2n) is 4.64. The van der Waals surface area contributed by atoms with Crippen molar-refractivity contribution in [2.75, 3.05) is 5.32 Å². The summed E-state index contributed by atoms with van der Waals surface area (Å²) in [6.07, 6.45) is 5.49. The minimum Gasteiger partial charge on any atom is -0.349 e. The Morgan fingerprint density at radius 2 is 2.21 bits per heavy atom. The Bertz CT molecular complexity index is 603. The SMILES string of the molecule is Cn1nccc1Nc1cc(C(=O)NC2CC2)ccn1. The van der Waals surface area contributed by atoms with E-state index in [0.29, 0.717) is 17.4 Å². The van der Waals surface area contributed by atoms with Gasteiger partial charge in [0.25, 0.3) is 5.91 Å². The van der Waals surface area contributed by atoms with Gasteiger partial charge in [-0.05, 0) is 25.0 Å². The molecule has 3 rings (SSSR count). The van der Waals surface area contributed by atoms with E-state index >= 15 is 0 Å². The first-order valence-corrected chi connectivity index (χ1v) is 6.24. The van der Waals surface area contributed by atoms with Gasteiger partial charge in [0.15, 0.2) is 0 Å². The van der Waals surface area contributed by atoms with Crippen molar-refractivity contribution in [1.82, 2.24) is 20.1 Å². The van der Waals surface area contributed by atoms with Crippen LogP contribution in [0.5, 0.6) is 0 Å². The van der Waals surface area contributed by atoms with Gasteiger partial charge in [0, 0.05) is 30.9 Å². The molecule has 2 aromatic heterocycles. The highest BCUT2D eigenvalue weighted by Crippen LogP contribution is 2.20. The van der Waals surface area contributed by atoms with E-state index in [1.54, 1.807) is 29.2 Å². The van der Waals surface area contributed by atoms with Crippen molar-refractivity contribution in [2.45, 2.75) is 18.9 Å². The number of nitrogens with zero attached hydrogens (tertiary/aromatic N) is 3. The van der Waals surface area contributed by atoms with Crippen LogP contribution < -0.4 is 10.6 Å². The van der Waals surface area contributed by atoms with Crippen LogP contribution in [-0.4, -0.2) is 26.7 Å². The summed E-state index contributed by atoms with van der Waals surface area (Å²) in [5, 5.41) is 10.1. The van der Waals surface area contributed by atoms with E-state index in [4.69, 9.17) is 0 Å². The molecule has 19 heavy (non-hydrogen) atoms. The maximum atomic E-state index is 11.9. The molecule has 2 aromatic rings. The second-order valence-corrected chi connectivity index (χ2v) is 4.64. The van der Waals surface area contributed by atoms with Crippen molar-refractivity contribution < 1.29 is 4.79 Å². The van der Waals surface area contributed by atoms with E-state index in [2.05, 4.69) is 20.7 Å². The van der Waals surface area contributed by atoms with Crippen molar-refractivity contribution >= 4 is 17.5 Å². The average molecular weight is 257 g/mol. The van der Waals surface area contributed by atoms with Crippen LogP contribution in [0.4, 0.5) is 11.6 Å². The van der Waals surface area contributed by atoms with E-state index in [1.807, 2.05) is 13.1 Å². The number of rotatable bonds is 4. The maximum Gasteiger partial charge on any atom is 0.251 e. The third-order valence-electron chi connectivity index (χ3n) is 3.01. The third-order valence-corrected chi connectivity index (χ3v) is 3.01. The van der Waals surface area contributed by atoms with Crippen LogP contribution in [0.25, 0.3) is 0 Å². The Labute approximate surface area is 110 Å². The number of hydrogen-bond acceptors (Lipinski definition) is 4. The van der Waals surface area contributed by atoms with Crippen molar-refractivity contribution in [2.24, 2.45) is 7.05 Å². The number of hydrogen-bond donors (Lipinski definition) is 2. The summed E-state index contributed by atoms with van der Waals surface area (Å²) < 4.78 is 1.71. The zero-order chi connectivity index (χ0) is 13.2. The molecule has 0 atom stereocenters. The lowest BCUT2D eigenvalue weighted by Gasteiger charge is -2.07. The predicted octanol–water partition coefficient (Wildman–Crippen LogP) is 1.45. The number of anilines is 2. The van der Waals surface area contributed by atoms with Crippen LogP contribution in [0, 0.1) is 0 Å². The maximum absolute atomic E-state index is 11.9. The van der Waals surface area contributed by atoms with Crippen LogP contribution >= 0.6 is 0 Å². The molecule has 0 aromatic carbocycles. The van der Waals surface area contributed by atoms with Crippen molar-refractivity contribution in [3.63, 3.8) is 0 Å². The molecular weight excluding hydrogens is 242 g/mol. The van der Waals surface area contributed by atoms with E-state index in [0.717, 1.165) is 18.7 Å². The first-order valence-electron chi connectivity index (χ1n) is 6.24. The standard InChI is InChI=1S/C13H15N5O/c1-18-12(5-7-15-18)17-11-8-9(4-6-14-11)13(19)16-10-2-3-10/h4-8,10H,2-3H2,1H3,(H,14,17)(H,16,19). The molecule has 1 amide bonds. The molecule has 0 bridgehead atoms. The summed E-state index contributed by atoms with van der Waals surface area (Å²) in [5.74, 6) is 1.41. The number of nitrogens with one attached hydrogen (secondary N) is 2. The highest BCUT2D eigenvalue weighted by atomic mass is 16.1. The second kappa shape index (κ2) is 4.72. The largest absolute Gasteiger partial charge is 0.349 e. The highest BCUT2D eigenvalue weighted by Gasteiger charge is 2.23. The molecule has 1 aliphatic rings. The summed E-state index contributed by atoms with van der Waals surface area (Å²) in [4.78, 5) is 16.1. The molecule has 0 aliphatic heterocycles. The number of aromatic nitrogens is 3. The minimum absolute atomic E-state index is 0.0436. The number of pyridine rings is 1. The van der Waals surface area contributed by atoms with Gasteiger partial charge in [-0.1, -0.05) is 0 Å². The van der Waals surface area contributed by atoms with Gasteiger partial charge in [0.2, 0.25) is 0 Å². The average Bonchev–Trinajstić information content (AvgIpc) is 3.13. The lowest BCUT2D eigenvalue weighted by Crippen LogP contribution is -2.25. The Kier molecular flexibility index (Phi) is 2.91. The molecule has 1 aliphatic carbocycles. The summed E-state index contributed by atoms with van der Waals surface area (Å²) in [5.41, 5.74) is 0.617. The highest BCUT2D eigenvalue weighted by molar-refractivity contribution is 5.95. The van der Waals surface area contributed by atoms with Gasteiger partial charge in [0.05, 0.1) is 6.20 Å². The fraction of sp³-hybridized carbons (Fsp3) is 0.308. The van der Waals surface area contributed by atoms with Crippen LogP contribution in [0.15, 0.2) is 30.6 Å². The summed E-state index contributed by atoms with van der Waals surface area (Å²) >= 11 is 0. The zero-order valence-electron chi connectivity index (χ0n) is 10.6. The van der Waals surface area contributed by atoms with Gasteiger partial charge in [-0.3, -0.25) is 9.48 Å². The molecule has 98 valence electrons. The molecule has 2 N–H and O–H groups in total. The van der Waals surface area contributed by atoms with Gasteiger partial charge >= 0.3 is 0 Å². The molecule has 1 saturated carbocycles. The number of aryl methyl sites for hydroxylation is 1. The lowest BCUT2D eigenvalue weighted by molar-refractivity contribution is 0.0951. The Hall–Kier alpha value is -2.37. The number of amides is 1. The van der Waals surface area contributed by atoms with Crippen molar-refractivity contribution in [3.05, 3.63) is 36.2 Å². The smallest absolute Gasteiger partial charge is 0.251 e. The molecular formula is C13H15N5O. The summed E-state index contributed by atoms with van der Waals surface area (Å²) in [7, 11) is 1.84. The lowest BCUT2D eigenvalue weighted by atomic mass is 10.2. The number of carbonyl (C=O) groups is 1. The Morgan fingerprint density at radius 1 is 1.37 bits per heavy atom. The predicted molar refractivity (Wildman–Crippen MR) is 71.2 cm³/mol. The van der Waals surface area contributed by atoms with E-state index in [-0.39, 0.29) is 5.91 Å². The fourth-order valence-electron chi connectivity index (χ4n) is 1.76. The molecule has 0 spiro atoms. The van der Waals surface area contributed by atoms with Crippen LogP contribution in [-0.2, 0) is 7.05 Å². The number of carbonyl (C=O) groups excluding carboxylic acids is 1. The van der Waals surface area contributed by atoms with Crippen LogP contribution in [0.3, 0.4) is 0 Å². The molecule has 1 fully saturated rings. The molecule has 6 nitrogen and oxygen atoms in total. The first kappa shape index (κ1) is 11.7. The summed E-state index contributed by atoms with van der Waals surface area (Å²) in [6.45, 7) is 0. The quantitative estimate of drug-likeness (QED) is 0.869. The zero-order valence-corrected chi connectivity index (χ0v) is 10.6. The third kappa shape index (κ3) is 2.73. The minimum atomic E-state index is -0.0436. The molecule has 0 saturated heterocycles. The first-order chi connectivity index (χ1) is 9.22. The fourth-order valence-corrected chi connectivity index (χ4v) is 1.76. The molecule has 0 radical (unpaired) electrons. The van der Waals surface area contributed by atoms with Gasteiger partial charge in [-0.2, -0.15) is 5.10 Å². The van der Waals surface area contributed by atoms with E-state index in [9.17, 15) is 4.79 Å². The van der Waals surface area contributed by atoms with Crippen molar-refractivity contribution in [3.8, 4) is 0 Å². The molecule has 0 unspecified atom stereocenters. The molecule has 6 heteroatoms.